The monoisotopic (exact) mass is 628 g/mol. The molecule has 0 aromatic carbocycles. The molecule has 1 aromatic rings. The SMILES string of the molecule is CCN(CC)c1cc(N2CCN(CC(=O)[C@H]3C(C)C[C@H]4[C@@H]5CCC6=CC(=O)C=C[C@]6(C)C5=CC[C@]34C)CC2)nc(N(CC)CC)n1. The van der Waals surface area contributed by atoms with E-state index < -0.39 is 0 Å². The summed E-state index contributed by atoms with van der Waals surface area (Å²) in [4.78, 5) is 45.6. The van der Waals surface area contributed by atoms with Crippen LogP contribution in [0.2, 0.25) is 0 Å². The zero-order valence-corrected chi connectivity index (χ0v) is 29.4. The van der Waals surface area contributed by atoms with Gasteiger partial charge < -0.3 is 14.7 Å². The van der Waals surface area contributed by atoms with Gasteiger partial charge >= 0.3 is 0 Å². The van der Waals surface area contributed by atoms with Gasteiger partial charge in [-0.3, -0.25) is 14.5 Å². The van der Waals surface area contributed by atoms with E-state index in [1.165, 1.54) is 11.1 Å². The number of fused-ring (bicyclic) bond motifs is 5. The lowest BCUT2D eigenvalue weighted by molar-refractivity contribution is -0.129. The molecular formula is C38H56N6O2. The number of hydrogen-bond acceptors (Lipinski definition) is 8. The van der Waals surface area contributed by atoms with Crippen LogP contribution in [0.15, 0.2) is 41.5 Å². The van der Waals surface area contributed by atoms with Crippen LogP contribution >= 0.6 is 0 Å². The van der Waals surface area contributed by atoms with Gasteiger partial charge in [-0.25, -0.2) is 0 Å². The van der Waals surface area contributed by atoms with Crippen molar-refractivity contribution in [2.75, 3.05) is 73.6 Å². The number of hydrogen-bond donors (Lipinski definition) is 0. The van der Waals surface area contributed by atoms with E-state index >= 15 is 0 Å². The second-order valence-electron chi connectivity index (χ2n) is 14.9. The van der Waals surface area contributed by atoms with Crippen LogP contribution in [0.1, 0.15) is 74.1 Å². The summed E-state index contributed by atoms with van der Waals surface area (Å²) in [6.07, 6.45) is 12.4. The number of carbonyl (C=O) groups excluding carboxylic acids is 2. The van der Waals surface area contributed by atoms with Gasteiger partial charge in [-0.2, -0.15) is 9.97 Å². The van der Waals surface area contributed by atoms with Gasteiger partial charge in [0.15, 0.2) is 11.6 Å². The van der Waals surface area contributed by atoms with Crippen molar-refractivity contribution < 1.29 is 9.59 Å². The van der Waals surface area contributed by atoms with E-state index in [1.54, 1.807) is 6.08 Å². The molecule has 1 aromatic heterocycles. The molecule has 46 heavy (non-hydrogen) atoms. The van der Waals surface area contributed by atoms with Gasteiger partial charge in [-0.15, -0.1) is 0 Å². The molecule has 1 unspecified atom stereocenters. The van der Waals surface area contributed by atoms with Gasteiger partial charge in [-0.1, -0.05) is 37.1 Å². The van der Waals surface area contributed by atoms with Crippen LogP contribution in [0.25, 0.3) is 0 Å². The Hall–Kier alpha value is -3.00. The highest BCUT2D eigenvalue weighted by Gasteiger charge is 2.59. The van der Waals surface area contributed by atoms with Crippen LogP contribution in [-0.4, -0.2) is 85.3 Å². The van der Waals surface area contributed by atoms with Crippen molar-refractivity contribution in [3.05, 3.63) is 41.5 Å². The molecule has 0 spiro atoms. The smallest absolute Gasteiger partial charge is 0.229 e. The Labute approximate surface area is 277 Å². The summed E-state index contributed by atoms with van der Waals surface area (Å²) < 4.78 is 0. The van der Waals surface area contributed by atoms with E-state index in [4.69, 9.17) is 9.97 Å². The molecule has 2 saturated carbocycles. The highest BCUT2D eigenvalue weighted by molar-refractivity contribution is 6.01. The molecule has 6 rings (SSSR count). The zero-order chi connectivity index (χ0) is 32.8. The first kappa shape index (κ1) is 32.9. The maximum absolute atomic E-state index is 14.2. The topological polar surface area (TPSA) is 72.9 Å². The maximum Gasteiger partial charge on any atom is 0.229 e. The highest BCUT2D eigenvalue weighted by Crippen LogP contribution is 2.65. The van der Waals surface area contributed by atoms with Crippen molar-refractivity contribution in [2.24, 2.45) is 34.5 Å². The Morgan fingerprint density at radius 2 is 1.70 bits per heavy atom. The number of aromatic nitrogens is 2. The molecule has 8 heteroatoms. The summed E-state index contributed by atoms with van der Waals surface area (Å²) in [5.41, 5.74) is 2.65. The Morgan fingerprint density at radius 3 is 2.37 bits per heavy atom. The van der Waals surface area contributed by atoms with Crippen molar-refractivity contribution in [3.8, 4) is 0 Å². The minimum Gasteiger partial charge on any atom is -0.357 e. The minimum atomic E-state index is -0.134. The summed E-state index contributed by atoms with van der Waals surface area (Å²) in [7, 11) is 0. The van der Waals surface area contributed by atoms with Crippen LogP contribution in [-0.2, 0) is 9.59 Å². The maximum atomic E-state index is 14.2. The van der Waals surface area contributed by atoms with Crippen molar-refractivity contribution in [3.63, 3.8) is 0 Å². The Kier molecular flexibility index (Phi) is 9.23. The molecule has 0 amide bonds. The molecule has 0 bridgehead atoms. The summed E-state index contributed by atoms with van der Waals surface area (Å²) in [6.45, 7) is 23.3. The lowest BCUT2D eigenvalue weighted by atomic mass is 9.52. The second-order valence-corrected chi connectivity index (χ2v) is 14.9. The number of rotatable bonds is 10. The number of nitrogens with zero attached hydrogens (tertiary/aromatic N) is 6. The molecule has 250 valence electrons. The average molecular weight is 629 g/mol. The fourth-order valence-electron chi connectivity index (χ4n) is 9.96. The van der Waals surface area contributed by atoms with Crippen molar-refractivity contribution >= 4 is 29.2 Å². The molecule has 2 heterocycles. The van der Waals surface area contributed by atoms with E-state index in [0.717, 1.165) is 95.6 Å². The first-order valence-corrected chi connectivity index (χ1v) is 18.1. The van der Waals surface area contributed by atoms with Crippen LogP contribution < -0.4 is 14.7 Å². The van der Waals surface area contributed by atoms with Gasteiger partial charge in [0.1, 0.15) is 11.6 Å². The Bertz CT molecular complexity index is 1390. The molecular weight excluding hydrogens is 572 g/mol. The fourth-order valence-corrected chi connectivity index (χ4v) is 9.96. The number of allylic oxidation sites excluding steroid dienone is 6. The van der Waals surface area contributed by atoms with Crippen LogP contribution in [0.5, 0.6) is 0 Å². The van der Waals surface area contributed by atoms with Gasteiger partial charge in [0, 0.05) is 69.8 Å². The van der Waals surface area contributed by atoms with E-state index in [1.807, 2.05) is 6.08 Å². The third-order valence-corrected chi connectivity index (χ3v) is 12.5. The summed E-state index contributed by atoms with van der Waals surface area (Å²) in [6, 6.07) is 2.15. The van der Waals surface area contributed by atoms with Crippen molar-refractivity contribution in [2.45, 2.75) is 74.1 Å². The van der Waals surface area contributed by atoms with E-state index in [9.17, 15) is 9.59 Å². The zero-order valence-electron chi connectivity index (χ0n) is 29.4. The molecule has 1 saturated heterocycles. The van der Waals surface area contributed by atoms with Gasteiger partial charge in [0.05, 0.1) is 6.54 Å². The number of ketones is 2. The summed E-state index contributed by atoms with van der Waals surface area (Å²) >= 11 is 0. The van der Waals surface area contributed by atoms with Crippen LogP contribution in [0.3, 0.4) is 0 Å². The first-order valence-electron chi connectivity index (χ1n) is 18.1. The summed E-state index contributed by atoms with van der Waals surface area (Å²) in [5, 5.41) is 0. The van der Waals surface area contributed by atoms with Gasteiger partial charge in [0.25, 0.3) is 0 Å². The lowest BCUT2D eigenvalue weighted by Gasteiger charge is -2.52. The van der Waals surface area contributed by atoms with Gasteiger partial charge in [0.2, 0.25) is 5.95 Å². The van der Waals surface area contributed by atoms with Crippen LogP contribution in [0, 0.1) is 34.5 Å². The molecule has 0 radical (unpaired) electrons. The molecule has 0 N–H and O–H groups in total. The fraction of sp³-hybridized carbons (Fsp3) is 0.684. The predicted molar refractivity (Wildman–Crippen MR) is 187 cm³/mol. The van der Waals surface area contributed by atoms with Crippen molar-refractivity contribution in [1.82, 2.24) is 14.9 Å². The first-order chi connectivity index (χ1) is 22.1. The van der Waals surface area contributed by atoms with Crippen molar-refractivity contribution in [1.29, 1.82) is 0 Å². The minimum absolute atomic E-state index is 0.000879. The number of anilines is 3. The quantitative estimate of drug-likeness (QED) is 0.295. The molecule has 5 aliphatic rings. The Balaban J connectivity index is 1.14. The van der Waals surface area contributed by atoms with Crippen LogP contribution in [0.4, 0.5) is 17.6 Å². The third-order valence-electron chi connectivity index (χ3n) is 12.5. The third kappa shape index (κ3) is 5.62. The number of piperazine rings is 1. The molecule has 6 atom stereocenters. The number of carbonyl (C=O) groups is 2. The largest absolute Gasteiger partial charge is 0.357 e. The van der Waals surface area contributed by atoms with Gasteiger partial charge in [-0.05, 0) is 95.6 Å². The molecule has 8 nitrogen and oxygen atoms in total. The van der Waals surface area contributed by atoms with E-state index in [0.29, 0.717) is 30.1 Å². The molecule has 1 aliphatic heterocycles. The predicted octanol–water partition coefficient (Wildman–Crippen LogP) is 5.95. The van der Waals surface area contributed by atoms with E-state index in [2.05, 4.69) is 86.3 Å². The highest BCUT2D eigenvalue weighted by atomic mass is 16.1. The second kappa shape index (κ2) is 12.9. The lowest BCUT2D eigenvalue weighted by Crippen LogP contribution is -2.51. The average Bonchev–Trinajstić information content (AvgIpc) is 3.32. The Morgan fingerprint density at radius 1 is 1.00 bits per heavy atom. The standard InChI is InChI=1S/C38H56N6O2/c1-8-42(9-2)33-24-34(40-36(39-33)43(10-3)11-4)44-20-18-41(19-21-44)25-32(46)35-26(5)22-31-29-13-12-27-23-28(45)14-16-37(27,6)30(29)15-17-38(31,35)7/h14-16,23-24,26,29,31,35H,8-13,17-22,25H2,1-7H3/t26?,29-,31+,35-,37+,38+/m1/s1. The van der Waals surface area contributed by atoms with E-state index in [-0.39, 0.29) is 22.5 Å². The molecule has 4 aliphatic carbocycles. The normalized spacial score (nSPS) is 32.3. The summed E-state index contributed by atoms with van der Waals surface area (Å²) in [5.74, 6) is 4.85. The number of Topliss-reactive ketones (excluding diaryl/α,β-unsaturated/α-hetero) is 1. The molecule has 3 fully saturated rings.